The molecule has 0 bridgehead atoms. The number of benzene rings is 2. The number of amides is 2. The number of urea groups is 1. The minimum absolute atomic E-state index is 0.0771. The van der Waals surface area contributed by atoms with Gasteiger partial charge in [0.1, 0.15) is 13.2 Å². The fourth-order valence-electron chi connectivity index (χ4n) is 4.61. The van der Waals surface area contributed by atoms with Crippen LogP contribution in [-0.4, -0.2) is 35.2 Å². The predicted molar refractivity (Wildman–Crippen MR) is 128 cm³/mol. The molecule has 2 aromatic carbocycles. The largest absolute Gasteiger partial charge is 0.486 e. The second kappa shape index (κ2) is 9.35. The molecule has 3 aromatic rings. The highest BCUT2D eigenvalue weighted by molar-refractivity contribution is 6.30. The van der Waals surface area contributed by atoms with E-state index in [1.54, 1.807) is 35.2 Å². The van der Waals surface area contributed by atoms with E-state index in [0.717, 1.165) is 31.1 Å². The topological polar surface area (TPSA) is 83.7 Å². The summed E-state index contributed by atoms with van der Waals surface area (Å²) in [5.74, 6) is 1.29. The van der Waals surface area contributed by atoms with Gasteiger partial charge in [-0.05, 0) is 43.2 Å². The maximum Gasteiger partial charge on any atom is 0.322 e. The Morgan fingerprint density at radius 1 is 1.06 bits per heavy atom. The third-order valence-electron chi connectivity index (χ3n) is 6.28. The zero-order chi connectivity index (χ0) is 22.8. The van der Waals surface area contributed by atoms with Gasteiger partial charge in [0, 0.05) is 33.8 Å². The Morgan fingerprint density at radius 3 is 2.58 bits per heavy atom. The van der Waals surface area contributed by atoms with Crippen LogP contribution in [0.4, 0.5) is 10.5 Å². The monoisotopic (exact) mass is 467 g/mol. The lowest BCUT2D eigenvalue weighted by Gasteiger charge is -2.34. The van der Waals surface area contributed by atoms with Gasteiger partial charge in [-0.1, -0.05) is 36.9 Å². The number of carbonyl (C=O) groups is 1. The van der Waals surface area contributed by atoms with E-state index in [4.69, 9.17) is 21.1 Å². The number of nitrogens with zero attached hydrogens (tertiary/aromatic N) is 1. The van der Waals surface area contributed by atoms with E-state index in [-0.39, 0.29) is 24.2 Å². The van der Waals surface area contributed by atoms with Crippen molar-refractivity contribution in [1.29, 1.82) is 0 Å². The number of aromatic nitrogens is 1. The fourth-order valence-corrected chi connectivity index (χ4v) is 4.80. The molecule has 1 fully saturated rings. The first-order valence-electron chi connectivity index (χ1n) is 11.4. The zero-order valence-corrected chi connectivity index (χ0v) is 19.0. The second-order valence-corrected chi connectivity index (χ2v) is 9.00. The van der Waals surface area contributed by atoms with Crippen LogP contribution in [0, 0.1) is 0 Å². The Balaban J connectivity index is 1.45. The van der Waals surface area contributed by atoms with Crippen molar-refractivity contribution in [2.45, 2.75) is 44.7 Å². The summed E-state index contributed by atoms with van der Waals surface area (Å²) in [6.07, 6.45) is 5.16. The summed E-state index contributed by atoms with van der Waals surface area (Å²) in [5, 5.41) is 4.35. The lowest BCUT2D eigenvalue weighted by atomic mass is 9.94. The highest BCUT2D eigenvalue weighted by Gasteiger charge is 2.27. The molecule has 2 amide bonds. The summed E-state index contributed by atoms with van der Waals surface area (Å²) in [4.78, 5) is 31.0. The number of fused-ring (bicyclic) bond motifs is 2. The number of hydrogen-bond acceptors (Lipinski definition) is 4. The van der Waals surface area contributed by atoms with Crippen LogP contribution in [0.3, 0.4) is 0 Å². The summed E-state index contributed by atoms with van der Waals surface area (Å²) in [7, 11) is 0. The van der Waals surface area contributed by atoms with Crippen LogP contribution in [-0.2, 0) is 6.54 Å². The molecule has 2 aliphatic rings. The smallest absolute Gasteiger partial charge is 0.322 e. The van der Waals surface area contributed by atoms with Gasteiger partial charge in [0.2, 0.25) is 0 Å². The number of ether oxygens (including phenoxy) is 2. The van der Waals surface area contributed by atoms with Gasteiger partial charge in [0.25, 0.3) is 5.56 Å². The lowest BCUT2D eigenvalue weighted by Crippen LogP contribution is -2.44. The van der Waals surface area contributed by atoms with E-state index in [0.29, 0.717) is 46.5 Å². The highest BCUT2D eigenvalue weighted by Crippen LogP contribution is 2.34. The fraction of sp³-hybridized carbons (Fsp3) is 0.360. The number of aromatic amines is 1. The first kappa shape index (κ1) is 21.6. The number of halogens is 1. The molecule has 0 atom stereocenters. The lowest BCUT2D eigenvalue weighted by molar-refractivity contribution is 0.162. The van der Waals surface area contributed by atoms with Crippen molar-refractivity contribution in [3.63, 3.8) is 0 Å². The molecule has 33 heavy (non-hydrogen) atoms. The summed E-state index contributed by atoms with van der Waals surface area (Å²) >= 11 is 6.08. The average Bonchev–Trinajstić information content (AvgIpc) is 2.82. The molecule has 0 radical (unpaired) electrons. The van der Waals surface area contributed by atoms with Crippen molar-refractivity contribution in [3.8, 4) is 11.5 Å². The van der Waals surface area contributed by atoms with E-state index in [2.05, 4.69) is 10.3 Å². The molecule has 2 N–H and O–H groups in total. The molecule has 1 aromatic heterocycles. The minimum atomic E-state index is -0.231. The normalized spacial score (nSPS) is 15.9. The number of hydrogen-bond donors (Lipinski definition) is 2. The van der Waals surface area contributed by atoms with E-state index in [1.165, 1.54) is 6.42 Å². The van der Waals surface area contributed by atoms with Gasteiger partial charge < -0.3 is 24.7 Å². The number of nitrogens with one attached hydrogen (secondary N) is 2. The first-order valence-corrected chi connectivity index (χ1v) is 11.7. The third kappa shape index (κ3) is 4.78. The molecule has 0 saturated heterocycles. The van der Waals surface area contributed by atoms with Crippen molar-refractivity contribution in [1.82, 2.24) is 9.88 Å². The first-order chi connectivity index (χ1) is 16.1. The molecule has 0 unspecified atom stereocenters. The minimum Gasteiger partial charge on any atom is -0.486 e. The Kier molecular flexibility index (Phi) is 6.13. The summed E-state index contributed by atoms with van der Waals surface area (Å²) in [5.41, 5.74) is 1.63. The van der Waals surface area contributed by atoms with Crippen LogP contribution < -0.4 is 20.3 Å². The highest BCUT2D eigenvalue weighted by atomic mass is 35.5. The number of pyridine rings is 1. The Bertz CT molecular complexity index is 1240. The van der Waals surface area contributed by atoms with Crippen LogP contribution in [0.1, 0.15) is 37.7 Å². The van der Waals surface area contributed by atoms with Crippen LogP contribution in [0.5, 0.6) is 11.5 Å². The van der Waals surface area contributed by atoms with Gasteiger partial charge in [-0.25, -0.2) is 4.79 Å². The Labute approximate surface area is 196 Å². The SMILES string of the molecule is O=C(Nc1cccc(Cl)c1)N(Cc1cc2cc3c(cc2[nH]c1=O)OCCO3)C1CCCCC1. The summed E-state index contributed by atoms with van der Waals surface area (Å²) in [6, 6.07) is 12.4. The van der Waals surface area contributed by atoms with Crippen molar-refractivity contribution >= 4 is 34.2 Å². The van der Waals surface area contributed by atoms with Crippen molar-refractivity contribution in [2.75, 3.05) is 18.5 Å². The maximum atomic E-state index is 13.3. The maximum absolute atomic E-state index is 13.3. The van der Waals surface area contributed by atoms with Crippen molar-refractivity contribution in [3.05, 3.63) is 63.4 Å². The van der Waals surface area contributed by atoms with Gasteiger partial charge in [0.05, 0.1) is 12.1 Å². The predicted octanol–water partition coefficient (Wildman–Crippen LogP) is 5.32. The van der Waals surface area contributed by atoms with Crippen LogP contribution in [0.2, 0.25) is 5.02 Å². The Morgan fingerprint density at radius 2 is 1.82 bits per heavy atom. The van der Waals surface area contributed by atoms with E-state index in [9.17, 15) is 9.59 Å². The standard InChI is InChI=1S/C25H26ClN3O4/c26-18-5-4-6-19(13-18)27-25(31)29(20-7-2-1-3-8-20)15-17-11-16-12-22-23(33-10-9-32-22)14-21(16)28-24(17)30/h4-6,11-14,20H,1-3,7-10,15H2,(H,27,31)(H,28,30). The van der Waals surface area contributed by atoms with Gasteiger partial charge in [-0.2, -0.15) is 0 Å². The van der Waals surface area contributed by atoms with Gasteiger partial charge >= 0.3 is 6.03 Å². The molecule has 1 aliphatic heterocycles. The van der Waals surface area contributed by atoms with E-state index in [1.807, 2.05) is 12.1 Å². The quantitative estimate of drug-likeness (QED) is 0.544. The molecular formula is C25H26ClN3O4. The zero-order valence-electron chi connectivity index (χ0n) is 18.2. The van der Waals surface area contributed by atoms with Gasteiger partial charge in [0.15, 0.2) is 11.5 Å². The molecule has 172 valence electrons. The molecule has 7 nitrogen and oxygen atoms in total. The summed E-state index contributed by atoms with van der Waals surface area (Å²) < 4.78 is 11.3. The number of H-pyrrole nitrogens is 1. The van der Waals surface area contributed by atoms with Gasteiger partial charge in [-0.15, -0.1) is 0 Å². The average molecular weight is 468 g/mol. The molecule has 8 heteroatoms. The van der Waals surface area contributed by atoms with Crippen LogP contribution in [0.15, 0.2) is 47.3 Å². The van der Waals surface area contributed by atoms with Crippen LogP contribution >= 0.6 is 11.6 Å². The number of carbonyl (C=O) groups excluding carboxylic acids is 1. The molecule has 2 heterocycles. The molecular weight excluding hydrogens is 442 g/mol. The van der Waals surface area contributed by atoms with Crippen molar-refractivity contribution in [2.24, 2.45) is 0 Å². The van der Waals surface area contributed by atoms with Crippen LogP contribution in [0.25, 0.3) is 10.9 Å². The molecule has 1 saturated carbocycles. The van der Waals surface area contributed by atoms with E-state index >= 15 is 0 Å². The third-order valence-corrected chi connectivity index (χ3v) is 6.51. The number of anilines is 1. The van der Waals surface area contributed by atoms with E-state index < -0.39 is 0 Å². The van der Waals surface area contributed by atoms with Gasteiger partial charge in [-0.3, -0.25) is 4.79 Å². The molecule has 0 spiro atoms. The molecule has 5 rings (SSSR count). The molecule has 1 aliphatic carbocycles. The second-order valence-electron chi connectivity index (χ2n) is 8.57. The van der Waals surface area contributed by atoms with Crippen molar-refractivity contribution < 1.29 is 14.3 Å². The Hall–Kier alpha value is -3.19. The summed E-state index contributed by atoms with van der Waals surface area (Å²) in [6.45, 7) is 1.20. The number of rotatable bonds is 4.